The Labute approximate surface area is 100 Å². The normalized spacial score (nSPS) is 10.2. The third-order valence-electron chi connectivity index (χ3n) is 2.38. The third kappa shape index (κ3) is 2.93. The first-order valence-electron chi connectivity index (χ1n) is 5.18. The molecule has 0 aromatic carbocycles. The van der Waals surface area contributed by atoms with Gasteiger partial charge in [0.05, 0.1) is 11.5 Å². The van der Waals surface area contributed by atoms with Gasteiger partial charge in [0.25, 0.3) is 5.91 Å². The number of hydrogen-bond donors (Lipinski definition) is 1. The molecule has 0 aliphatic heterocycles. The highest BCUT2D eigenvalue weighted by atomic mass is 32.1. The predicted molar refractivity (Wildman–Crippen MR) is 67.0 cm³/mol. The molecule has 0 bridgehead atoms. The smallest absolute Gasteiger partial charge is 0.264 e. The number of aliphatic hydroxyl groups excluding tert-OH is 1. The van der Waals surface area contributed by atoms with Gasteiger partial charge in [-0.1, -0.05) is 6.08 Å². The Hall–Kier alpha value is -1.13. The fourth-order valence-corrected chi connectivity index (χ4v) is 2.39. The molecular weight excluding hydrogens is 222 g/mol. The summed E-state index contributed by atoms with van der Waals surface area (Å²) in [6, 6.07) is 1.90. The summed E-state index contributed by atoms with van der Waals surface area (Å²) < 4.78 is 0. The van der Waals surface area contributed by atoms with Gasteiger partial charge >= 0.3 is 0 Å². The summed E-state index contributed by atoms with van der Waals surface area (Å²) in [4.78, 5) is 15.5. The number of rotatable bonds is 5. The minimum absolute atomic E-state index is 0.0249. The third-order valence-corrected chi connectivity index (χ3v) is 3.52. The van der Waals surface area contributed by atoms with Gasteiger partial charge in [0, 0.05) is 18.0 Å². The number of amides is 1. The van der Waals surface area contributed by atoms with Gasteiger partial charge in [-0.3, -0.25) is 4.79 Å². The highest BCUT2D eigenvalue weighted by Gasteiger charge is 2.16. The van der Waals surface area contributed by atoms with Crippen LogP contribution in [0.1, 0.15) is 20.1 Å². The van der Waals surface area contributed by atoms with Crippen molar-refractivity contribution in [3.05, 3.63) is 34.0 Å². The quantitative estimate of drug-likeness (QED) is 0.798. The number of thiophene rings is 1. The number of carbonyl (C=O) groups excluding carboxylic acids is 1. The van der Waals surface area contributed by atoms with Gasteiger partial charge in [-0.25, -0.2) is 0 Å². The lowest BCUT2D eigenvalue weighted by Crippen LogP contribution is -2.33. The maximum atomic E-state index is 12.1. The van der Waals surface area contributed by atoms with E-state index in [1.165, 1.54) is 11.3 Å². The average Bonchev–Trinajstić information content (AvgIpc) is 2.58. The van der Waals surface area contributed by atoms with Crippen LogP contribution in [0, 0.1) is 13.8 Å². The largest absolute Gasteiger partial charge is 0.395 e. The lowest BCUT2D eigenvalue weighted by atomic mass is 10.2. The number of aliphatic hydroxyl groups is 1. The fraction of sp³-hybridized carbons (Fsp3) is 0.417. The van der Waals surface area contributed by atoms with Crippen LogP contribution in [0.15, 0.2) is 18.7 Å². The molecule has 0 radical (unpaired) electrons. The van der Waals surface area contributed by atoms with E-state index in [4.69, 9.17) is 5.11 Å². The molecule has 0 spiro atoms. The SMILES string of the molecule is C=CCN(CCO)C(=O)c1cc(C)c(C)s1. The Kier molecular flexibility index (Phi) is 4.71. The van der Waals surface area contributed by atoms with Crippen LogP contribution in [0.4, 0.5) is 0 Å². The van der Waals surface area contributed by atoms with Gasteiger partial charge < -0.3 is 10.0 Å². The number of hydrogen-bond acceptors (Lipinski definition) is 3. The average molecular weight is 239 g/mol. The summed E-state index contributed by atoms with van der Waals surface area (Å²) in [5.74, 6) is -0.0323. The maximum Gasteiger partial charge on any atom is 0.264 e. The summed E-state index contributed by atoms with van der Waals surface area (Å²) in [6.07, 6.45) is 1.67. The van der Waals surface area contributed by atoms with Crippen molar-refractivity contribution in [2.24, 2.45) is 0 Å². The lowest BCUT2D eigenvalue weighted by Gasteiger charge is -2.18. The molecule has 4 heteroatoms. The topological polar surface area (TPSA) is 40.5 Å². The second kappa shape index (κ2) is 5.82. The summed E-state index contributed by atoms with van der Waals surface area (Å²) in [7, 11) is 0. The zero-order valence-corrected chi connectivity index (χ0v) is 10.5. The van der Waals surface area contributed by atoms with Crippen LogP contribution in [-0.2, 0) is 0 Å². The molecule has 1 rings (SSSR count). The van der Waals surface area contributed by atoms with E-state index >= 15 is 0 Å². The van der Waals surface area contributed by atoms with Crippen molar-refractivity contribution in [1.29, 1.82) is 0 Å². The molecule has 1 N–H and O–H groups in total. The van der Waals surface area contributed by atoms with Crippen molar-refractivity contribution in [3.8, 4) is 0 Å². The van der Waals surface area contributed by atoms with Crippen LogP contribution < -0.4 is 0 Å². The number of nitrogens with zero attached hydrogens (tertiary/aromatic N) is 1. The molecule has 0 atom stereocenters. The zero-order chi connectivity index (χ0) is 12.1. The van der Waals surface area contributed by atoms with Gasteiger partial charge in [-0.2, -0.15) is 0 Å². The monoisotopic (exact) mass is 239 g/mol. The van der Waals surface area contributed by atoms with Crippen molar-refractivity contribution >= 4 is 17.2 Å². The van der Waals surface area contributed by atoms with Crippen molar-refractivity contribution in [3.63, 3.8) is 0 Å². The standard InChI is InChI=1S/C12H17NO2S/c1-4-5-13(6-7-14)12(15)11-8-9(2)10(3)16-11/h4,8,14H,1,5-7H2,2-3H3. The number of carbonyl (C=O) groups is 1. The Bertz CT molecular complexity index is 365. The molecule has 1 aromatic rings. The van der Waals surface area contributed by atoms with E-state index < -0.39 is 0 Å². The van der Waals surface area contributed by atoms with E-state index in [9.17, 15) is 4.79 Å². The molecule has 3 nitrogen and oxygen atoms in total. The summed E-state index contributed by atoms with van der Waals surface area (Å²) in [5.41, 5.74) is 1.14. The van der Waals surface area contributed by atoms with Crippen molar-refractivity contribution < 1.29 is 9.90 Å². The molecule has 16 heavy (non-hydrogen) atoms. The first kappa shape index (κ1) is 12.9. The molecule has 0 aliphatic carbocycles. The van der Waals surface area contributed by atoms with Gasteiger partial charge in [-0.05, 0) is 25.5 Å². The summed E-state index contributed by atoms with van der Waals surface area (Å²) in [5, 5.41) is 8.89. The van der Waals surface area contributed by atoms with Gasteiger partial charge in [0.15, 0.2) is 0 Å². The van der Waals surface area contributed by atoms with Gasteiger partial charge in [-0.15, -0.1) is 17.9 Å². The molecule has 1 amide bonds. The van der Waals surface area contributed by atoms with Crippen molar-refractivity contribution in [2.45, 2.75) is 13.8 Å². The van der Waals surface area contributed by atoms with Crippen LogP contribution >= 0.6 is 11.3 Å². The molecule has 0 saturated carbocycles. The minimum atomic E-state index is -0.0323. The molecule has 0 unspecified atom stereocenters. The summed E-state index contributed by atoms with van der Waals surface area (Å²) in [6.45, 7) is 8.39. The summed E-state index contributed by atoms with van der Waals surface area (Å²) >= 11 is 1.50. The molecule has 88 valence electrons. The maximum absolute atomic E-state index is 12.1. The fourth-order valence-electron chi connectivity index (χ4n) is 1.39. The Morgan fingerprint density at radius 1 is 1.62 bits per heavy atom. The van der Waals surface area contributed by atoms with E-state index in [1.54, 1.807) is 11.0 Å². The Balaban J connectivity index is 2.84. The van der Waals surface area contributed by atoms with Crippen molar-refractivity contribution in [2.75, 3.05) is 19.7 Å². The van der Waals surface area contributed by atoms with Crippen LogP contribution in [0.5, 0.6) is 0 Å². The highest BCUT2D eigenvalue weighted by Crippen LogP contribution is 2.21. The van der Waals surface area contributed by atoms with Crippen LogP contribution in [0.2, 0.25) is 0 Å². The van der Waals surface area contributed by atoms with E-state index in [0.29, 0.717) is 13.1 Å². The second-order valence-electron chi connectivity index (χ2n) is 3.61. The van der Waals surface area contributed by atoms with Gasteiger partial charge in [0.1, 0.15) is 0 Å². The predicted octanol–water partition coefficient (Wildman–Crippen LogP) is 1.99. The first-order valence-corrected chi connectivity index (χ1v) is 6.00. The van der Waals surface area contributed by atoms with Crippen LogP contribution in [-0.4, -0.2) is 35.6 Å². The van der Waals surface area contributed by atoms with Crippen molar-refractivity contribution in [1.82, 2.24) is 4.90 Å². The van der Waals surface area contributed by atoms with E-state index in [0.717, 1.165) is 15.3 Å². The van der Waals surface area contributed by atoms with Gasteiger partial charge in [0.2, 0.25) is 0 Å². The molecule has 1 aromatic heterocycles. The molecular formula is C12H17NO2S. The molecule has 0 fully saturated rings. The minimum Gasteiger partial charge on any atom is -0.395 e. The van der Waals surface area contributed by atoms with Crippen LogP contribution in [0.3, 0.4) is 0 Å². The number of aryl methyl sites for hydroxylation is 2. The van der Waals surface area contributed by atoms with E-state index in [1.807, 2.05) is 19.9 Å². The highest BCUT2D eigenvalue weighted by molar-refractivity contribution is 7.14. The zero-order valence-electron chi connectivity index (χ0n) is 9.69. The molecule has 0 saturated heterocycles. The Morgan fingerprint density at radius 3 is 2.75 bits per heavy atom. The Morgan fingerprint density at radius 2 is 2.31 bits per heavy atom. The lowest BCUT2D eigenvalue weighted by molar-refractivity contribution is 0.0747. The van der Waals surface area contributed by atoms with Crippen LogP contribution in [0.25, 0.3) is 0 Å². The van der Waals surface area contributed by atoms with E-state index in [-0.39, 0.29) is 12.5 Å². The molecule has 0 aliphatic rings. The second-order valence-corrected chi connectivity index (χ2v) is 4.87. The first-order chi connectivity index (χ1) is 7.60. The molecule has 1 heterocycles. The van der Waals surface area contributed by atoms with E-state index in [2.05, 4.69) is 6.58 Å².